The predicted molar refractivity (Wildman–Crippen MR) is 152 cm³/mol. The lowest BCUT2D eigenvalue weighted by Gasteiger charge is -2.39. The maximum atomic E-state index is 12.3. The van der Waals surface area contributed by atoms with E-state index in [0.29, 0.717) is 12.8 Å². The number of esters is 1. The van der Waals surface area contributed by atoms with E-state index in [4.69, 9.17) is 19.9 Å². The van der Waals surface area contributed by atoms with Crippen LogP contribution in [0.1, 0.15) is 96.6 Å². The number of aliphatic hydroxyl groups is 3. The third-order valence-electron chi connectivity index (χ3n) is 7.43. The summed E-state index contributed by atoms with van der Waals surface area (Å²) in [6.45, 7) is 7.51. The highest BCUT2D eigenvalue weighted by atomic mass is 16.7. The number of carbonyl (C=O) groups is 1. The van der Waals surface area contributed by atoms with Gasteiger partial charge < -0.3 is 35.3 Å². The first-order valence-electron chi connectivity index (χ1n) is 14.9. The number of ether oxygens (including phenoxy) is 3. The lowest BCUT2D eigenvalue weighted by atomic mass is 9.93. The quantitative estimate of drug-likeness (QED) is 0.159. The topological polar surface area (TPSA) is 131 Å². The van der Waals surface area contributed by atoms with E-state index < -0.39 is 36.1 Å². The number of aryl methyl sites for hydroxylation is 2. The summed E-state index contributed by atoms with van der Waals surface area (Å²) in [5.74, 6) is -0.636. The van der Waals surface area contributed by atoms with Crippen molar-refractivity contribution in [3.63, 3.8) is 0 Å². The molecule has 0 amide bonds. The molecule has 0 saturated carbocycles. The fourth-order valence-electron chi connectivity index (χ4n) is 4.85. The van der Waals surface area contributed by atoms with Crippen molar-refractivity contribution >= 4 is 5.97 Å². The highest BCUT2D eigenvalue weighted by molar-refractivity contribution is 5.74. The Kier molecular flexibility index (Phi) is 14.9. The van der Waals surface area contributed by atoms with Gasteiger partial charge in [-0.15, -0.1) is 0 Å². The van der Waals surface area contributed by atoms with Crippen LogP contribution in [0.4, 0.5) is 0 Å². The molecule has 1 aliphatic heterocycles. The maximum Gasteiger partial charge on any atom is 0.335 e. The van der Waals surface area contributed by atoms with Crippen molar-refractivity contribution in [2.24, 2.45) is 11.7 Å². The maximum absolute atomic E-state index is 12.3. The molecule has 0 spiro atoms. The van der Waals surface area contributed by atoms with Gasteiger partial charge in [0.15, 0.2) is 12.4 Å². The van der Waals surface area contributed by atoms with Crippen molar-refractivity contribution in [2.45, 2.75) is 135 Å². The zero-order valence-electron chi connectivity index (χ0n) is 24.5. The van der Waals surface area contributed by atoms with Crippen molar-refractivity contribution < 1.29 is 34.3 Å². The number of hydrogen-bond acceptors (Lipinski definition) is 8. The highest BCUT2D eigenvalue weighted by Gasteiger charge is 2.41. The van der Waals surface area contributed by atoms with Crippen LogP contribution in [0.15, 0.2) is 24.3 Å². The second-order valence-electron chi connectivity index (χ2n) is 11.8. The van der Waals surface area contributed by atoms with Crippen LogP contribution in [0.5, 0.6) is 0 Å². The number of hydrogen-bond donors (Lipinski definition) is 4. The molecule has 8 heteroatoms. The first-order chi connectivity index (χ1) is 18.6. The van der Waals surface area contributed by atoms with E-state index >= 15 is 0 Å². The number of carbonyl (C=O) groups excluding carboxylic acids is 1. The van der Waals surface area contributed by atoms with Crippen LogP contribution in [0.3, 0.4) is 0 Å². The minimum absolute atomic E-state index is 0.0370. The molecule has 1 saturated heterocycles. The first kappa shape index (κ1) is 33.7. The molecule has 0 aliphatic carbocycles. The normalized spacial score (nSPS) is 23.9. The van der Waals surface area contributed by atoms with Crippen LogP contribution < -0.4 is 5.73 Å². The molecule has 8 nitrogen and oxygen atoms in total. The summed E-state index contributed by atoms with van der Waals surface area (Å²) < 4.78 is 17.0. The molecule has 2 rings (SSSR count). The Morgan fingerprint density at radius 2 is 1.72 bits per heavy atom. The summed E-state index contributed by atoms with van der Waals surface area (Å²) in [7, 11) is 0. The molecule has 224 valence electrons. The molecule has 1 heterocycles. The molecule has 1 fully saturated rings. The van der Waals surface area contributed by atoms with Gasteiger partial charge in [0, 0.05) is 6.42 Å². The molecule has 1 aromatic carbocycles. The van der Waals surface area contributed by atoms with Crippen LogP contribution in [-0.2, 0) is 31.8 Å². The van der Waals surface area contributed by atoms with Crippen LogP contribution in [0.2, 0.25) is 0 Å². The Labute approximate surface area is 235 Å². The smallest absolute Gasteiger partial charge is 0.335 e. The summed E-state index contributed by atoms with van der Waals surface area (Å²) in [5.41, 5.74) is 7.91. The molecule has 1 aromatic rings. The Bertz CT molecular complexity index is 818. The average Bonchev–Trinajstić information content (AvgIpc) is 2.90. The minimum atomic E-state index is -1.24. The van der Waals surface area contributed by atoms with Crippen LogP contribution in [0, 0.1) is 5.92 Å². The van der Waals surface area contributed by atoms with E-state index in [9.17, 15) is 20.1 Å². The minimum Gasteiger partial charge on any atom is -0.457 e. The molecule has 0 bridgehead atoms. The largest absolute Gasteiger partial charge is 0.457 e. The molecule has 0 radical (unpaired) electrons. The van der Waals surface area contributed by atoms with Gasteiger partial charge in [0.1, 0.15) is 12.2 Å². The highest BCUT2D eigenvalue weighted by Crippen LogP contribution is 2.26. The second-order valence-corrected chi connectivity index (χ2v) is 11.8. The SMILES string of the molecule is CCCCCCCCc1ccc(CCC(N)(CO)COC2O[C@@H](C)C[C@H](OC(=O)[C@H](O)CC(C)C)[C@H]2O)cc1. The van der Waals surface area contributed by atoms with E-state index in [1.807, 2.05) is 13.8 Å². The lowest BCUT2D eigenvalue weighted by molar-refractivity contribution is -0.272. The van der Waals surface area contributed by atoms with Gasteiger partial charge in [-0.1, -0.05) is 77.1 Å². The van der Waals surface area contributed by atoms with E-state index in [2.05, 4.69) is 31.2 Å². The number of rotatable bonds is 18. The molecule has 2 unspecified atom stereocenters. The van der Waals surface area contributed by atoms with Crippen LogP contribution in [-0.4, -0.2) is 70.7 Å². The lowest BCUT2D eigenvalue weighted by Crippen LogP contribution is -2.55. The van der Waals surface area contributed by atoms with Gasteiger partial charge in [-0.25, -0.2) is 4.79 Å². The third kappa shape index (κ3) is 12.2. The molecule has 5 N–H and O–H groups in total. The predicted octanol–water partition coefficient (Wildman–Crippen LogP) is 4.04. The van der Waals surface area contributed by atoms with Crippen LogP contribution in [0.25, 0.3) is 0 Å². The summed E-state index contributed by atoms with van der Waals surface area (Å²) in [4.78, 5) is 12.3. The molecule has 6 atom stereocenters. The number of aliphatic hydroxyl groups excluding tert-OH is 3. The molecule has 39 heavy (non-hydrogen) atoms. The third-order valence-corrected chi connectivity index (χ3v) is 7.43. The molecule has 1 aliphatic rings. The monoisotopic (exact) mass is 551 g/mol. The average molecular weight is 552 g/mol. The van der Waals surface area contributed by atoms with E-state index in [1.165, 1.54) is 44.1 Å². The second kappa shape index (κ2) is 17.3. The van der Waals surface area contributed by atoms with E-state index in [1.54, 1.807) is 6.92 Å². The fourth-order valence-corrected chi connectivity index (χ4v) is 4.85. The first-order valence-corrected chi connectivity index (χ1v) is 14.9. The number of unbranched alkanes of at least 4 members (excludes halogenated alkanes) is 5. The van der Waals surface area contributed by atoms with E-state index in [-0.39, 0.29) is 38.1 Å². The van der Waals surface area contributed by atoms with Gasteiger partial charge >= 0.3 is 5.97 Å². The van der Waals surface area contributed by atoms with Gasteiger partial charge in [-0.2, -0.15) is 0 Å². The van der Waals surface area contributed by atoms with Gasteiger partial charge in [0.05, 0.1) is 24.9 Å². The molecular formula is C31H53NO7. The van der Waals surface area contributed by atoms with Crippen molar-refractivity contribution in [3.8, 4) is 0 Å². The molecular weight excluding hydrogens is 498 g/mol. The van der Waals surface area contributed by atoms with Gasteiger partial charge in [-0.05, 0) is 56.1 Å². The molecule has 0 aromatic heterocycles. The summed E-state index contributed by atoms with van der Waals surface area (Å²) in [6.07, 6.45) is 5.77. The standard InChI is InChI=1S/C31H53NO7/c1-5-6-7-8-9-10-11-24-12-14-25(15-13-24)16-17-31(32,20-33)21-37-30-28(35)27(19-23(4)38-30)39-29(36)26(34)18-22(2)3/h12-15,22-23,26-28,30,33-35H,5-11,16-21,32H2,1-4H3/t23-,26+,27-,28+,30?,31?/m0/s1. The van der Waals surface area contributed by atoms with Crippen molar-refractivity contribution in [2.75, 3.05) is 13.2 Å². The number of nitrogens with two attached hydrogens (primary N) is 1. The van der Waals surface area contributed by atoms with Crippen molar-refractivity contribution in [1.29, 1.82) is 0 Å². The van der Waals surface area contributed by atoms with Gasteiger partial charge in [-0.3, -0.25) is 0 Å². The summed E-state index contributed by atoms with van der Waals surface area (Å²) in [6, 6.07) is 8.57. The fraction of sp³-hybridized carbons (Fsp3) is 0.774. The van der Waals surface area contributed by atoms with Crippen molar-refractivity contribution in [3.05, 3.63) is 35.4 Å². The summed E-state index contributed by atoms with van der Waals surface area (Å²) in [5, 5.41) is 30.9. The van der Waals surface area contributed by atoms with Gasteiger partial charge in [0.2, 0.25) is 0 Å². The summed E-state index contributed by atoms with van der Waals surface area (Å²) >= 11 is 0. The zero-order valence-corrected chi connectivity index (χ0v) is 24.5. The van der Waals surface area contributed by atoms with Crippen LogP contribution >= 0.6 is 0 Å². The van der Waals surface area contributed by atoms with Gasteiger partial charge in [0.25, 0.3) is 0 Å². The number of benzene rings is 1. The zero-order chi connectivity index (χ0) is 28.8. The Balaban J connectivity index is 1.83. The Morgan fingerprint density at radius 3 is 2.33 bits per heavy atom. The van der Waals surface area contributed by atoms with E-state index in [0.717, 1.165) is 12.0 Å². The van der Waals surface area contributed by atoms with Crippen molar-refractivity contribution in [1.82, 2.24) is 0 Å². The Hall–Kier alpha value is -1.55. The Morgan fingerprint density at radius 1 is 1.10 bits per heavy atom.